The van der Waals surface area contributed by atoms with Gasteiger partial charge in [-0.25, -0.2) is 4.98 Å². The molecule has 27 heavy (non-hydrogen) atoms. The second-order valence-electron chi connectivity index (χ2n) is 5.57. The van der Waals surface area contributed by atoms with Gasteiger partial charge >= 0.3 is 0 Å². The Labute approximate surface area is 158 Å². The van der Waals surface area contributed by atoms with E-state index in [0.29, 0.717) is 36.1 Å². The molecule has 0 aliphatic carbocycles. The fourth-order valence-electron chi connectivity index (χ4n) is 2.43. The number of aromatic nitrogens is 1. The second-order valence-corrected chi connectivity index (χ2v) is 5.57. The van der Waals surface area contributed by atoms with Gasteiger partial charge < -0.3 is 29.6 Å². The van der Waals surface area contributed by atoms with Crippen LogP contribution in [0.5, 0.6) is 17.2 Å². The third-order valence-corrected chi connectivity index (χ3v) is 3.76. The third-order valence-electron chi connectivity index (χ3n) is 3.76. The molecular weight excluding hydrogens is 350 g/mol. The number of carbonyl (C=O) groups excluding carboxylic acids is 1. The van der Waals surface area contributed by atoms with Crippen molar-refractivity contribution in [2.45, 2.75) is 6.42 Å². The molecule has 0 bridgehead atoms. The molecule has 0 radical (unpaired) electrons. The van der Waals surface area contributed by atoms with Crippen LogP contribution in [0.3, 0.4) is 0 Å². The summed E-state index contributed by atoms with van der Waals surface area (Å²) in [6, 6.07) is 7.02. The molecule has 0 saturated heterocycles. The van der Waals surface area contributed by atoms with Gasteiger partial charge in [0.05, 0.1) is 33.2 Å². The number of hydrogen-bond donors (Lipinski definition) is 2. The van der Waals surface area contributed by atoms with Gasteiger partial charge in [0.2, 0.25) is 5.75 Å². The van der Waals surface area contributed by atoms with Gasteiger partial charge in [0, 0.05) is 38.1 Å². The maximum absolute atomic E-state index is 12.0. The minimum atomic E-state index is -0.217. The summed E-state index contributed by atoms with van der Waals surface area (Å²) >= 11 is 0. The Morgan fingerprint density at radius 3 is 2.22 bits per heavy atom. The summed E-state index contributed by atoms with van der Waals surface area (Å²) in [5.41, 5.74) is 1.81. The Morgan fingerprint density at radius 2 is 1.70 bits per heavy atom. The summed E-state index contributed by atoms with van der Waals surface area (Å²) in [6.45, 7) is 1.14. The molecule has 2 N–H and O–H groups in total. The predicted molar refractivity (Wildman–Crippen MR) is 102 cm³/mol. The molecule has 0 aliphatic heterocycles. The zero-order valence-corrected chi connectivity index (χ0v) is 16.0. The highest BCUT2D eigenvalue weighted by Crippen LogP contribution is 2.40. The lowest BCUT2D eigenvalue weighted by Gasteiger charge is -2.15. The van der Waals surface area contributed by atoms with Gasteiger partial charge in [-0.3, -0.25) is 4.79 Å². The fourth-order valence-corrected chi connectivity index (χ4v) is 2.43. The maximum Gasteiger partial charge on any atom is 0.269 e. The first-order valence-electron chi connectivity index (χ1n) is 8.43. The molecule has 0 atom stereocenters. The van der Waals surface area contributed by atoms with Crippen molar-refractivity contribution in [1.29, 1.82) is 0 Å². The number of amides is 1. The van der Waals surface area contributed by atoms with E-state index in [4.69, 9.17) is 18.9 Å². The summed E-state index contributed by atoms with van der Waals surface area (Å²) in [5.74, 6) is 1.38. The molecule has 1 aromatic carbocycles. The zero-order valence-electron chi connectivity index (χ0n) is 16.0. The largest absolute Gasteiger partial charge is 0.493 e. The highest BCUT2D eigenvalue weighted by Gasteiger charge is 2.13. The lowest BCUT2D eigenvalue weighted by atomic mass is 10.2. The van der Waals surface area contributed by atoms with Crippen LogP contribution in [0.1, 0.15) is 16.9 Å². The van der Waals surface area contributed by atoms with E-state index in [0.717, 1.165) is 17.8 Å². The first-order chi connectivity index (χ1) is 13.1. The summed E-state index contributed by atoms with van der Waals surface area (Å²) < 4.78 is 20.9. The van der Waals surface area contributed by atoms with Crippen LogP contribution in [-0.2, 0) is 4.74 Å². The van der Waals surface area contributed by atoms with Crippen LogP contribution in [0.4, 0.5) is 11.4 Å². The van der Waals surface area contributed by atoms with Crippen molar-refractivity contribution >= 4 is 17.3 Å². The second kappa shape index (κ2) is 10.2. The van der Waals surface area contributed by atoms with Gasteiger partial charge in [0.1, 0.15) is 5.69 Å². The molecule has 2 aromatic rings. The van der Waals surface area contributed by atoms with Gasteiger partial charge in [0.15, 0.2) is 11.5 Å². The number of pyridine rings is 1. The van der Waals surface area contributed by atoms with Crippen LogP contribution in [0.15, 0.2) is 30.5 Å². The van der Waals surface area contributed by atoms with Crippen molar-refractivity contribution in [3.63, 3.8) is 0 Å². The summed E-state index contributed by atoms with van der Waals surface area (Å²) in [6.07, 6.45) is 2.34. The molecule has 0 unspecified atom stereocenters. The Morgan fingerprint density at radius 1 is 1.00 bits per heavy atom. The number of hydrogen-bond acceptors (Lipinski definition) is 7. The Balaban J connectivity index is 2.07. The van der Waals surface area contributed by atoms with E-state index in [1.54, 1.807) is 58.9 Å². The van der Waals surface area contributed by atoms with Crippen molar-refractivity contribution in [2.75, 3.05) is 46.9 Å². The van der Waals surface area contributed by atoms with Crippen LogP contribution in [0.25, 0.3) is 0 Å². The molecule has 0 spiro atoms. The third kappa shape index (κ3) is 5.49. The van der Waals surface area contributed by atoms with Crippen molar-refractivity contribution in [2.24, 2.45) is 0 Å². The first kappa shape index (κ1) is 20.3. The smallest absolute Gasteiger partial charge is 0.269 e. The van der Waals surface area contributed by atoms with Crippen LogP contribution in [0, 0.1) is 0 Å². The number of methoxy groups -OCH3 is 4. The van der Waals surface area contributed by atoms with E-state index in [1.807, 2.05) is 0 Å². The van der Waals surface area contributed by atoms with Crippen molar-refractivity contribution in [3.05, 3.63) is 36.2 Å². The van der Waals surface area contributed by atoms with E-state index in [1.165, 1.54) is 0 Å². The topological polar surface area (TPSA) is 90.9 Å². The predicted octanol–water partition coefficient (Wildman–Crippen LogP) is 2.62. The Hall–Kier alpha value is -3.00. The van der Waals surface area contributed by atoms with Gasteiger partial charge in [-0.15, -0.1) is 0 Å². The number of ether oxygens (including phenoxy) is 4. The highest BCUT2D eigenvalue weighted by molar-refractivity contribution is 5.92. The van der Waals surface area contributed by atoms with Gasteiger partial charge in [0.25, 0.3) is 5.91 Å². The molecule has 0 aliphatic rings. The van der Waals surface area contributed by atoms with Crippen LogP contribution >= 0.6 is 0 Å². The molecule has 0 saturated carbocycles. The molecule has 2 rings (SSSR count). The summed E-state index contributed by atoms with van der Waals surface area (Å²) in [7, 11) is 6.30. The molecule has 8 heteroatoms. The Bertz CT molecular complexity index is 725. The molecule has 1 amide bonds. The maximum atomic E-state index is 12.0. The first-order valence-corrected chi connectivity index (χ1v) is 8.43. The van der Waals surface area contributed by atoms with E-state index in [2.05, 4.69) is 15.6 Å². The minimum absolute atomic E-state index is 0.217. The van der Waals surface area contributed by atoms with Crippen molar-refractivity contribution in [1.82, 2.24) is 10.3 Å². The standard InChI is InChI=1S/C19H25N3O5/c1-24-9-5-8-20-19(23)15-7-6-13(12-21-15)22-14-10-16(25-2)18(27-4)17(11-14)26-3/h6-7,10-12,22H,5,8-9H2,1-4H3,(H,20,23). The SMILES string of the molecule is COCCCNC(=O)c1ccc(Nc2cc(OC)c(OC)c(OC)c2)cn1. The average Bonchev–Trinajstić information content (AvgIpc) is 2.70. The number of benzene rings is 1. The number of carbonyl (C=O) groups is 1. The van der Waals surface area contributed by atoms with Crippen molar-refractivity contribution in [3.8, 4) is 17.2 Å². The van der Waals surface area contributed by atoms with Crippen molar-refractivity contribution < 1.29 is 23.7 Å². The van der Waals surface area contributed by atoms with Crippen LogP contribution in [0.2, 0.25) is 0 Å². The molecule has 0 fully saturated rings. The summed E-state index contributed by atoms with van der Waals surface area (Å²) in [5, 5.41) is 6.00. The average molecular weight is 375 g/mol. The highest BCUT2D eigenvalue weighted by atomic mass is 16.5. The molecule has 146 valence electrons. The molecular formula is C19H25N3O5. The minimum Gasteiger partial charge on any atom is -0.493 e. The van der Waals surface area contributed by atoms with Gasteiger partial charge in [-0.2, -0.15) is 0 Å². The van der Waals surface area contributed by atoms with E-state index < -0.39 is 0 Å². The Kier molecular flexibility index (Phi) is 7.69. The number of anilines is 2. The molecule has 8 nitrogen and oxygen atoms in total. The fraction of sp³-hybridized carbons (Fsp3) is 0.368. The van der Waals surface area contributed by atoms with E-state index >= 15 is 0 Å². The van der Waals surface area contributed by atoms with Crippen LogP contribution in [-0.4, -0.2) is 52.5 Å². The lowest BCUT2D eigenvalue weighted by Crippen LogP contribution is -2.26. The monoisotopic (exact) mass is 375 g/mol. The normalized spacial score (nSPS) is 10.2. The van der Waals surface area contributed by atoms with E-state index in [9.17, 15) is 4.79 Å². The van der Waals surface area contributed by atoms with E-state index in [-0.39, 0.29) is 5.91 Å². The number of nitrogens with zero attached hydrogens (tertiary/aromatic N) is 1. The number of rotatable bonds is 10. The zero-order chi connectivity index (χ0) is 19.6. The molecule has 1 aromatic heterocycles. The quantitative estimate of drug-likeness (QED) is 0.617. The lowest BCUT2D eigenvalue weighted by molar-refractivity contribution is 0.0943. The molecule has 1 heterocycles. The van der Waals surface area contributed by atoms with Gasteiger partial charge in [-0.05, 0) is 18.6 Å². The van der Waals surface area contributed by atoms with Crippen LogP contribution < -0.4 is 24.8 Å². The van der Waals surface area contributed by atoms with Gasteiger partial charge in [-0.1, -0.05) is 0 Å². The number of nitrogens with one attached hydrogen (secondary N) is 2. The summed E-state index contributed by atoms with van der Waals surface area (Å²) in [4.78, 5) is 16.2.